The maximum atomic E-state index is 7.18. The summed E-state index contributed by atoms with van der Waals surface area (Å²) >= 11 is 0. The molecule has 0 aliphatic heterocycles. The fraction of sp³-hybridized carbons (Fsp3) is 0.677. The van der Waals surface area contributed by atoms with Gasteiger partial charge in [-0.15, -0.1) is 0 Å². The summed E-state index contributed by atoms with van der Waals surface area (Å²) in [5, 5.41) is 0. The van der Waals surface area contributed by atoms with Crippen molar-refractivity contribution in [1.29, 1.82) is 0 Å². The minimum atomic E-state index is 0.418. The van der Waals surface area contributed by atoms with Gasteiger partial charge in [0.25, 0.3) is 0 Å². The lowest BCUT2D eigenvalue weighted by atomic mass is 9.50. The fourth-order valence-corrected chi connectivity index (χ4v) is 10.5. The maximum Gasteiger partial charge on any atom is 0.00761 e. The van der Waals surface area contributed by atoms with Crippen LogP contribution in [0, 0.1) is 46.8 Å². The quantitative estimate of drug-likeness (QED) is 0.470. The molecule has 0 aromatic rings. The van der Waals surface area contributed by atoms with Crippen LogP contribution in [0.5, 0.6) is 0 Å². The van der Waals surface area contributed by atoms with Crippen LogP contribution in [0.25, 0.3) is 0 Å². The average molecular weight is 428 g/mol. The average Bonchev–Trinajstić information content (AvgIpc) is 3.63. The molecule has 1 heteroatoms. The third kappa shape index (κ3) is 2.73. The Balaban J connectivity index is 1.33. The Morgan fingerprint density at radius 3 is 2.31 bits per heavy atom. The van der Waals surface area contributed by atoms with Gasteiger partial charge in [0.1, 0.15) is 0 Å². The van der Waals surface area contributed by atoms with E-state index in [4.69, 9.17) is 5.73 Å². The molecule has 1 spiro atoms. The van der Waals surface area contributed by atoms with Crippen molar-refractivity contribution < 1.29 is 0 Å². The minimum Gasteiger partial charge on any atom is -0.327 e. The monoisotopic (exact) mass is 427 g/mol. The van der Waals surface area contributed by atoms with Crippen molar-refractivity contribution in [1.82, 2.24) is 0 Å². The Hall–Kier alpha value is -1.34. The SMILES string of the molecule is NC1CC2C(C3=CC=CC3)CC=C(C3CCCC3)C3CCC4CC(C5=CC=CC5)CC1C432. The number of nitrogens with two attached hydrogens (primary N) is 1. The van der Waals surface area contributed by atoms with E-state index < -0.39 is 0 Å². The molecule has 0 aromatic heterocycles. The summed E-state index contributed by atoms with van der Waals surface area (Å²) in [7, 11) is 0. The Morgan fingerprint density at radius 2 is 1.56 bits per heavy atom. The largest absolute Gasteiger partial charge is 0.327 e. The van der Waals surface area contributed by atoms with Crippen LogP contribution >= 0.6 is 0 Å². The summed E-state index contributed by atoms with van der Waals surface area (Å²) in [5.74, 6) is 5.73. The van der Waals surface area contributed by atoms with E-state index in [0.29, 0.717) is 11.5 Å². The van der Waals surface area contributed by atoms with Gasteiger partial charge >= 0.3 is 0 Å². The van der Waals surface area contributed by atoms with Crippen molar-refractivity contribution in [3.8, 4) is 0 Å². The molecule has 4 saturated carbocycles. The first-order chi connectivity index (χ1) is 15.8. The van der Waals surface area contributed by atoms with Crippen LogP contribution in [-0.2, 0) is 0 Å². The molecule has 8 atom stereocenters. The van der Waals surface area contributed by atoms with E-state index in [9.17, 15) is 0 Å². The molecule has 2 N–H and O–H groups in total. The van der Waals surface area contributed by atoms with Gasteiger partial charge in [-0.1, -0.05) is 72.1 Å². The van der Waals surface area contributed by atoms with Crippen LogP contribution in [0.3, 0.4) is 0 Å². The van der Waals surface area contributed by atoms with Crippen molar-refractivity contribution in [3.05, 3.63) is 59.3 Å². The number of rotatable bonds is 3. The first-order valence-electron chi connectivity index (χ1n) is 13.9. The molecule has 0 saturated heterocycles. The van der Waals surface area contributed by atoms with Gasteiger partial charge in [0.2, 0.25) is 0 Å². The highest BCUT2D eigenvalue weighted by Gasteiger charge is 2.68. The van der Waals surface area contributed by atoms with E-state index in [1.165, 1.54) is 77.0 Å². The molecule has 0 radical (unpaired) electrons. The van der Waals surface area contributed by atoms with Gasteiger partial charge in [0.15, 0.2) is 0 Å². The third-order valence-corrected chi connectivity index (χ3v) is 11.5. The van der Waals surface area contributed by atoms with Crippen molar-refractivity contribution in [3.63, 3.8) is 0 Å². The first kappa shape index (κ1) is 20.1. The lowest BCUT2D eigenvalue weighted by Gasteiger charge is -2.54. The third-order valence-electron chi connectivity index (χ3n) is 11.5. The number of allylic oxidation sites excluding steroid dienone is 10. The lowest BCUT2D eigenvalue weighted by Crippen LogP contribution is -2.50. The Kier molecular flexibility index (Phi) is 4.76. The molecule has 32 heavy (non-hydrogen) atoms. The molecule has 1 nitrogen and oxygen atoms in total. The van der Waals surface area contributed by atoms with Crippen molar-refractivity contribution in [2.45, 2.75) is 83.1 Å². The minimum absolute atomic E-state index is 0.418. The number of hydrogen-bond donors (Lipinski definition) is 1. The molecule has 0 bridgehead atoms. The highest BCUT2D eigenvalue weighted by Crippen LogP contribution is 2.73. The normalized spacial score (nSPS) is 47.3. The second-order valence-corrected chi connectivity index (χ2v) is 12.4. The van der Waals surface area contributed by atoms with Gasteiger partial charge < -0.3 is 5.73 Å². The fourth-order valence-electron chi connectivity index (χ4n) is 10.5. The van der Waals surface area contributed by atoms with Crippen LogP contribution in [0.1, 0.15) is 77.0 Å². The summed E-state index contributed by atoms with van der Waals surface area (Å²) in [4.78, 5) is 0. The van der Waals surface area contributed by atoms with Crippen molar-refractivity contribution >= 4 is 0 Å². The van der Waals surface area contributed by atoms with Gasteiger partial charge in [0.05, 0.1) is 0 Å². The molecule has 4 fully saturated rings. The summed E-state index contributed by atoms with van der Waals surface area (Å²) < 4.78 is 0. The molecule has 7 rings (SSSR count). The maximum absolute atomic E-state index is 7.18. The summed E-state index contributed by atoms with van der Waals surface area (Å²) in [6, 6.07) is 0.418. The van der Waals surface area contributed by atoms with Gasteiger partial charge in [-0.05, 0) is 111 Å². The van der Waals surface area contributed by atoms with E-state index in [1.807, 2.05) is 5.57 Å². The molecular weight excluding hydrogens is 386 g/mol. The molecule has 0 amide bonds. The summed E-state index contributed by atoms with van der Waals surface area (Å²) in [6.45, 7) is 0. The standard InChI is InChI=1S/C31H41N/c32-30-19-28-26(22-11-5-6-12-22)15-14-25(21-9-3-4-10-21)27-16-13-24-17-23(20-7-1-2-8-20)18-29(30)31(24,27)28/h1-2,5-7,11,14,21,23-24,26-30H,3-4,8-10,12-13,15-19,32H2. The molecule has 7 aliphatic carbocycles. The highest BCUT2D eigenvalue weighted by molar-refractivity contribution is 5.35. The van der Waals surface area contributed by atoms with Crippen LogP contribution < -0.4 is 5.73 Å². The van der Waals surface area contributed by atoms with Crippen molar-refractivity contribution in [2.75, 3.05) is 0 Å². The smallest absolute Gasteiger partial charge is 0.00761 e. The van der Waals surface area contributed by atoms with Crippen molar-refractivity contribution in [2.24, 2.45) is 52.6 Å². The molecule has 8 unspecified atom stereocenters. The van der Waals surface area contributed by atoms with Gasteiger partial charge in [-0.25, -0.2) is 0 Å². The van der Waals surface area contributed by atoms with E-state index in [-0.39, 0.29) is 0 Å². The second kappa shape index (κ2) is 7.59. The zero-order valence-electron chi connectivity index (χ0n) is 19.7. The van der Waals surface area contributed by atoms with Gasteiger partial charge in [-0.3, -0.25) is 0 Å². The predicted octanol–water partition coefficient (Wildman–Crippen LogP) is 7.28. The van der Waals surface area contributed by atoms with E-state index in [2.05, 4.69) is 42.5 Å². The van der Waals surface area contributed by atoms with Crippen LogP contribution in [-0.4, -0.2) is 6.04 Å². The summed E-state index contributed by atoms with van der Waals surface area (Å²) in [5.41, 5.74) is 13.1. The van der Waals surface area contributed by atoms with Crippen LogP contribution in [0.15, 0.2) is 59.3 Å². The van der Waals surface area contributed by atoms with E-state index in [0.717, 1.165) is 41.4 Å². The second-order valence-electron chi connectivity index (χ2n) is 12.4. The first-order valence-corrected chi connectivity index (χ1v) is 13.9. The predicted molar refractivity (Wildman–Crippen MR) is 133 cm³/mol. The number of hydrogen-bond acceptors (Lipinski definition) is 1. The lowest BCUT2D eigenvalue weighted by molar-refractivity contribution is -0.0303. The molecule has 0 aromatic carbocycles. The highest BCUT2D eigenvalue weighted by atomic mass is 14.8. The Bertz CT molecular complexity index is 924. The Morgan fingerprint density at radius 1 is 0.781 bits per heavy atom. The van der Waals surface area contributed by atoms with Gasteiger partial charge in [-0.2, -0.15) is 0 Å². The van der Waals surface area contributed by atoms with Crippen LogP contribution in [0.2, 0.25) is 0 Å². The van der Waals surface area contributed by atoms with Gasteiger partial charge in [0, 0.05) is 6.04 Å². The molecule has 170 valence electrons. The Labute approximate surface area is 195 Å². The zero-order chi connectivity index (χ0) is 21.3. The summed E-state index contributed by atoms with van der Waals surface area (Å²) in [6.07, 6.45) is 33.7. The van der Waals surface area contributed by atoms with Crippen LogP contribution in [0.4, 0.5) is 0 Å². The van der Waals surface area contributed by atoms with E-state index in [1.54, 1.807) is 11.1 Å². The molecule has 7 aliphatic rings. The van der Waals surface area contributed by atoms with E-state index >= 15 is 0 Å². The molecule has 0 heterocycles. The molecular formula is C31H41N. The zero-order valence-corrected chi connectivity index (χ0v) is 19.7. The topological polar surface area (TPSA) is 26.0 Å².